The van der Waals surface area contributed by atoms with Crippen molar-refractivity contribution in [1.29, 1.82) is 0 Å². The quantitative estimate of drug-likeness (QED) is 0.0145. The number of rotatable bonds is 36. The molecule has 0 saturated carbocycles. The van der Waals surface area contributed by atoms with Crippen LogP contribution in [-0.2, 0) is 114 Å². The lowest BCUT2D eigenvalue weighted by atomic mass is 9.89. The van der Waals surface area contributed by atoms with Gasteiger partial charge < -0.3 is 103 Å². The highest BCUT2D eigenvalue weighted by molar-refractivity contribution is 9.10. The number of aryl methyl sites for hydroxylation is 1. The monoisotopic (exact) mass is 1740 g/mol. The molecular formula is C56H79BrN16O27P4S4. The Balaban J connectivity index is 0.816. The van der Waals surface area contributed by atoms with Crippen LogP contribution in [0.15, 0.2) is 81.3 Å². The average molecular weight is 1740 g/mol. The summed E-state index contributed by atoms with van der Waals surface area (Å²) in [6.07, 6.45) is -10.8. The van der Waals surface area contributed by atoms with Crippen molar-refractivity contribution in [2.24, 2.45) is 17.6 Å². The number of anilines is 3. The van der Waals surface area contributed by atoms with Gasteiger partial charge in [-0.2, -0.15) is 15.0 Å². The van der Waals surface area contributed by atoms with Crippen LogP contribution in [0.3, 0.4) is 0 Å². The SMILES string of the molecule is Cc1cn([C@H]2C[C@@H](OP(=S)(OCCOCCOCCN)OC[C@H]3O[C@@H](n4ccc(N)nc4=O)C[C@H]3C(C)C)[C@@H](COP(O)(=S)O[C@@H]3C[C@H](n4cnc5c(=O)[nH]c(N)nc54)O[C@@H]3COP(=O)(S)O[C@@H]3C[C@H](n4ccc(N)nc4=O)O[C@@H]3COP(O)(=S)O[C@@H]3C[C@H](n4cc(Br)c(=O)[nH]c4=O)O[C@@H]3CO)O2)c(=O)[nH]c1=O. The third kappa shape index (κ3) is 21.1. The maximum Gasteiger partial charge on any atom is 0.386 e. The van der Waals surface area contributed by atoms with E-state index in [1.54, 1.807) is 0 Å². The molecule has 5 fully saturated rings. The highest BCUT2D eigenvalue weighted by Crippen LogP contribution is 2.59. The van der Waals surface area contributed by atoms with Gasteiger partial charge >= 0.3 is 49.7 Å². The lowest BCUT2D eigenvalue weighted by Crippen LogP contribution is -2.33. The fourth-order valence-electron chi connectivity index (χ4n) is 12.4. The van der Waals surface area contributed by atoms with E-state index in [2.05, 4.69) is 63.1 Å². The minimum absolute atomic E-state index is 0.00941. The van der Waals surface area contributed by atoms with E-state index in [0.717, 1.165) is 13.7 Å². The van der Waals surface area contributed by atoms with E-state index in [0.29, 0.717) is 19.6 Å². The molecule has 5 saturated heterocycles. The Bertz CT molecular complexity index is 4850. The van der Waals surface area contributed by atoms with Crippen LogP contribution in [0.25, 0.3) is 11.2 Å². The molecule has 0 radical (unpaired) electrons. The van der Waals surface area contributed by atoms with Crippen molar-refractivity contribution < 1.29 is 93.3 Å². The molecule has 6 aromatic rings. The van der Waals surface area contributed by atoms with Crippen molar-refractivity contribution >= 4 is 119 Å². The number of aliphatic hydroxyl groups is 1. The average Bonchev–Trinajstić information content (AvgIpc) is 1.62. The third-order valence-electron chi connectivity index (χ3n) is 17.6. The molecule has 19 atom stereocenters. The molecular weight excluding hydrogens is 1660 g/mol. The minimum atomic E-state index is -4.73. The van der Waals surface area contributed by atoms with Gasteiger partial charge in [0.1, 0.15) is 73.3 Å². The maximum atomic E-state index is 14.7. The molecule has 14 N–H and O–H groups in total. The van der Waals surface area contributed by atoms with Crippen LogP contribution in [0, 0.1) is 18.8 Å². The normalized spacial score (nSPS) is 28.2. The second-order valence-corrected chi connectivity index (χ2v) is 37.6. The molecule has 5 aliphatic heterocycles. The number of halogens is 1. The number of hydrogen-bond acceptors (Lipinski definition) is 36. The maximum absolute atomic E-state index is 14.7. The molecule has 0 spiro atoms. The number of imidazole rings is 1. The van der Waals surface area contributed by atoms with Gasteiger partial charge in [-0.05, 0) is 88.7 Å². The Morgan fingerprint density at radius 1 is 0.593 bits per heavy atom. The molecule has 0 bridgehead atoms. The molecule has 0 aromatic carbocycles. The summed E-state index contributed by atoms with van der Waals surface area (Å²) in [4.78, 5) is 137. The largest absolute Gasteiger partial charge is 0.394 e. The van der Waals surface area contributed by atoms with E-state index >= 15 is 0 Å². The number of H-pyrrole nitrogens is 3. The van der Waals surface area contributed by atoms with Gasteiger partial charge in [0.05, 0.1) is 101 Å². The van der Waals surface area contributed by atoms with Crippen LogP contribution in [-0.4, -0.2) is 200 Å². The Hall–Kier alpha value is -4.92. The van der Waals surface area contributed by atoms with Gasteiger partial charge in [0.15, 0.2) is 11.2 Å². The first kappa shape index (κ1) is 84.0. The van der Waals surface area contributed by atoms with E-state index in [4.69, 9.17) is 132 Å². The lowest BCUT2D eigenvalue weighted by Gasteiger charge is -2.30. The van der Waals surface area contributed by atoms with E-state index in [1.807, 2.05) is 13.8 Å². The number of aromatic amines is 3. The first-order chi connectivity index (χ1) is 51.2. The minimum Gasteiger partial charge on any atom is -0.394 e. The van der Waals surface area contributed by atoms with Crippen molar-refractivity contribution in [1.82, 2.24) is 57.7 Å². The smallest absolute Gasteiger partial charge is 0.386 e. The molecule has 5 aliphatic rings. The van der Waals surface area contributed by atoms with Crippen LogP contribution in [0.4, 0.5) is 17.6 Å². The number of aromatic nitrogens is 12. The summed E-state index contributed by atoms with van der Waals surface area (Å²) in [5.74, 6) is -0.602. The van der Waals surface area contributed by atoms with Crippen LogP contribution >= 0.6 is 55.1 Å². The Kier molecular flexibility index (Phi) is 28.0. The summed E-state index contributed by atoms with van der Waals surface area (Å²) in [7, 11) is 0. The second-order valence-electron chi connectivity index (χ2n) is 25.4. The predicted molar refractivity (Wildman–Crippen MR) is 395 cm³/mol. The van der Waals surface area contributed by atoms with Crippen LogP contribution < -0.4 is 62.4 Å². The Morgan fingerprint density at radius 2 is 1.06 bits per heavy atom. The molecule has 4 unspecified atom stereocenters. The summed E-state index contributed by atoms with van der Waals surface area (Å²) in [6, 6.07) is 2.78. The van der Waals surface area contributed by atoms with Crippen molar-refractivity contribution in [3.05, 3.63) is 126 Å². The second kappa shape index (κ2) is 36.1. The van der Waals surface area contributed by atoms with E-state index in [9.17, 15) is 53.0 Å². The fraction of sp³-hybridized carbons (Fsp3) is 0.625. The topological polar surface area (TPSA) is 573 Å². The summed E-state index contributed by atoms with van der Waals surface area (Å²) in [6.45, 7) is -14.6. The standard InChI is InChI=1S/C56H79BrN16O27P4S4/c1-27(2)29-14-42(69-7-4-40(59)63-53(69)78)93-36(29)22-91-104(108,87-13-12-86-11-10-85-9-6-58)100-34-18-44(71-19-28(3)49(75)67-55(71)80)95-39(34)25-90-103(84,107)99-33-17-46(73-26-62-47-48(73)65-52(61)66-51(47)77)96-38(33)24-89-102(83,106)98-32-16-43(70-8-5-41(60)64-54(70)79)94-37(32)23-88-101(82,105)97-31-15-45(92-35(31)21-74)72-20-30(57)50(76)68-56(72)81/h4-5,7-8,19-20,26-27,29,31-39,42-46,74H,6,9-18,21-25,58H2,1-3H3,(H,82,105)(H,83,106)(H,84,107)(H2,59,63,78)(H2,60,64,79)(H,67,75,80)(H,68,76,81)(H3,61,65,66,77)/t29-,31+,32+,33+,34+,35+,36+,37+,38+,39+,42+,43+,44+,45+,46+,101?,102?,103?,104?/m0/s1. The van der Waals surface area contributed by atoms with Crippen LogP contribution in [0.1, 0.15) is 82.7 Å². The highest BCUT2D eigenvalue weighted by atomic mass is 79.9. The van der Waals surface area contributed by atoms with E-state index < -0.39 is 179 Å². The number of nitrogen functional groups attached to an aromatic ring is 3. The molecule has 0 aliphatic carbocycles. The molecule has 43 nitrogen and oxygen atoms in total. The number of thiol groups is 1. The third-order valence-corrected chi connectivity index (χ3v) is 25.4. The fourth-order valence-corrected chi connectivity index (χ4v) is 19.3. The zero-order valence-corrected chi connectivity index (χ0v) is 65.9. The Labute approximate surface area is 639 Å². The van der Waals surface area contributed by atoms with Crippen molar-refractivity contribution in [2.45, 2.75) is 139 Å². The molecule has 6 aromatic heterocycles. The molecule has 0 amide bonds. The summed E-state index contributed by atoms with van der Waals surface area (Å²) >= 11 is 24.6. The zero-order chi connectivity index (χ0) is 77.7. The summed E-state index contributed by atoms with van der Waals surface area (Å²) in [5, 5.41) is 10.2. The molecule has 108 heavy (non-hydrogen) atoms. The molecule has 11 heterocycles. The molecule has 52 heteroatoms. The van der Waals surface area contributed by atoms with Crippen molar-refractivity contribution in [3.8, 4) is 0 Å². The number of aliphatic hydroxyl groups excluding tert-OH is 1. The van der Waals surface area contributed by atoms with Crippen molar-refractivity contribution in [3.63, 3.8) is 0 Å². The van der Waals surface area contributed by atoms with E-state index in [1.165, 1.54) is 59.3 Å². The Morgan fingerprint density at radius 3 is 1.63 bits per heavy atom. The van der Waals surface area contributed by atoms with Gasteiger partial charge in [0.2, 0.25) is 5.95 Å². The summed E-state index contributed by atoms with van der Waals surface area (Å²) < 4.78 is 118. The number of nitrogens with zero attached hydrogens (tertiary/aromatic N) is 9. The first-order valence-electron chi connectivity index (χ1n) is 33.2. The van der Waals surface area contributed by atoms with Gasteiger partial charge in [-0.1, -0.05) is 26.1 Å². The van der Waals surface area contributed by atoms with Crippen molar-refractivity contribution in [2.75, 3.05) is 89.8 Å². The number of fused-ring (bicyclic) bond motifs is 1. The highest BCUT2D eigenvalue weighted by Gasteiger charge is 2.49. The number of nitrogens with one attached hydrogen (secondary N) is 3. The lowest BCUT2D eigenvalue weighted by molar-refractivity contribution is -0.0563. The number of ether oxygens (including phenoxy) is 7. The summed E-state index contributed by atoms with van der Waals surface area (Å²) in [5.41, 5.74) is 17.8. The molecule has 11 rings (SSSR count). The first-order valence-corrected chi connectivity index (χ1v) is 44.4. The van der Waals surface area contributed by atoms with Gasteiger partial charge in [0, 0.05) is 62.6 Å². The van der Waals surface area contributed by atoms with Gasteiger partial charge in [0.25, 0.3) is 16.7 Å². The van der Waals surface area contributed by atoms with Gasteiger partial charge in [-0.15, -0.1) is 0 Å². The molecule has 596 valence electrons. The zero-order valence-electron chi connectivity index (χ0n) is 57.4. The number of nitrogens with two attached hydrogens (primary N) is 4. The van der Waals surface area contributed by atoms with Crippen LogP contribution in [0.5, 0.6) is 0 Å². The predicted octanol–water partition coefficient (Wildman–Crippen LogP) is 0.565. The van der Waals surface area contributed by atoms with Gasteiger partial charge in [-0.25, -0.2) is 28.7 Å². The van der Waals surface area contributed by atoms with E-state index in [-0.39, 0.29) is 109 Å². The van der Waals surface area contributed by atoms with Crippen LogP contribution in [0.2, 0.25) is 0 Å². The number of hydrogen-bond donors (Lipinski definition) is 11. The van der Waals surface area contributed by atoms with Gasteiger partial charge in [-0.3, -0.25) is 61.2 Å².